The third-order valence-corrected chi connectivity index (χ3v) is 1.64. The summed E-state index contributed by atoms with van der Waals surface area (Å²) in [5.74, 6) is 0.417. The molecule has 0 amide bonds. The minimum Gasteiger partial charge on any atom is -0.496 e. The molecule has 0 heterocycles. The third-order valence-electron chi connectivity index (χ3n) is 1.64. The topological polar surface area (TPSA) is 26.3 Å². The van der Waals surface area contributed by atoms with Crippen LogP contribution >= 0.6 is 0 Å². The van der Waals surface area contributed by atoms with Gasteiger partial charge in [-0.25, -0.2) is 4.39 Å². The van der Waals surface area contributed by atoms with E-state index in [0.29, 0.717) is 23.2 Å². The van der Waals surface area contributed by atoms with Crippen LogP contribution in [0.4, 0.5) is 4.39 Å². The summed E-state index contributed by atoms with van der Waals surface area (Å²) in [6.45, 7) is -0.648. The first-order valence-corrected chi connectivity index (χ1v) is 3.50. The van der Waals surface area contributed by atoms with Gasteiger partial charge in [0, 0.05) is 0 Å². The van der Waals surface area contributed by atoms with E-state index in [2.05, 4.69) is 0 Å². The quantitative estimate of drug-likeness (QED) is 0.645. The van der Waals surface area contributed by atoms with Gasteiger partial charge >= 0.3 is 0 Å². The number of alkyl halides is 1. The lowest BCUT2D eigenvalue weighted by Crippen LogP contribution is -1.94. The maximum atomic E-state index is 12.3. The minimum atomic E-state index is -0.648. The molecule has 0 aliphatic carbocycles. The molecule has 2 nitrogen and oxygen atoms in total. The van der Waals surface area contributed by atoms with Crippen molar-refractivity contribution < 1.29 is 13.9 Å². The summed E-state index contributed by atoms with van der Waals surface area (Å²) >= 11 is 0. The van der Waals surface area contributed by atoms with E-state index in [4.69, 9.17) is 4.74 Å². The largest absolute Gasteiger partial charge is 0.496 e. The zero-order valence-electron chi connectivity index (χ0n) is 6.71. The summed E-state index contributed by atoms with van der Waals surface area (Å²) in [6.07, 6.45) is 0.605. The maximum Gasteiger partial charge on any atom is 0.154 e. The van der Waals surface area contributed by atoms with Crippen LogP contribution in [0.5, 0.6) is 5.75 Å². The van der Waals surface area contributed by atoms with E-state index in [9.17, 15) is 9.18 Å². The molecule has 0 radical (unpaired) electrons. The van der Waals surface area contributed by atoms with E-state index in [1.165, 1.54) is 7.11 Å². The lowest BCUT2D eigenvalue weighted by atomic mass is 10.1. The highest BCUT2D eigenvalue weighted by Gasteiger charge is 2.06. The molecule has 0 N–H and O–H groups in total. The van der Waals surface area contributed by atoms with E-state index in [1.807, 2.05) is 0 Å². The van der Waals surface area contributed by atoms with Gasteiger partial charge in [0.05, 0.1) is 12.7 Å². The highest BCUT2D eigenvalue weighted by atomic mass is 19.1. The molecule has 0 spiro atoms. The van der Waals surface area contributed by atoms with Crippen molar-refractivity contribution in [3.8, 4) is 5.75 Å². The van der Waals surface area contributed by atoms with Gasteiger partial charge < -0.3 is 4.74 Å². The van der Waals surface area contributed by atoms with Gasteiger partial charge in [0.2, 0.25) is 0 Å². The number of aldehydes is 1. The smallest absolute Gasteiger partial charge is 0.154 e. The first-order valence-electron chi connectivity index (χ1n) is 3.50. The Morgan fingerprint density at radius 3 is 2.83 bits per heavy atom. The molecule has 0 aromatic heterocycles. The van der Waals surface area contributed by atoms with Gasteiger partial charge in [0.15, 0.2) is 6.29 Å². The number of benzene rings is 1. The summed E-state index contributed by atoms with van der Waals surface area (Å²) in [6, 6.07) is 4.84. The summed E-state index contributed by atoms with van der Waals surface area (Å²) in [4.78, 5) is 10.5. The molecular formula is C9H9FO2. The minimum absolute atomic E-state index is 0.294. The van der Waals surface area contributed by atoms with Gasteiger partial charge in [-0.2, -0.15) is 0 Å². The lowest BCUT2D eigenvalue weighted by Gasteiger charge is -2.05. The van der Waals surface area contributed by atoms with Crippen LogP contribution in [-0.4, -0.2) is 13.4 Å². The van der Waals surface area contributed by atoms with Crippen LogP contribution in [0.15, 0.2) is 18.2 Å². The highest BCUT2D eigenvalue weighted by Crippen LogP contribution is 2.20. The number of hydrogen-bond acceptors (Lipinski definition) is 2. The van der Waals surface area contributed by atoms with Crippen molar-refractivity contribution in [3.05, 3.63) is 29.3 Å². The Bertz CT molecular complexity index is 262. The maximum absolute atomic E-state index is 12.3. The number of halogens is 1. The second kappa shape index (κ2) is 3.85. The number of methoxy groups -OCH3 is 1. The number of ether oxygens (including phenoxy) is 1. The third kappa shape index (κ3) is 1.44. The molecule has 0 saturated heterocycles. The van der Waals surface area contributed by atoms with E-state index in [1.54, 1.807) is 18.2 Å². The SMILES string of the molecule is COc1cccc(CF)c1C=O. The molecule has 0 unspecified atom stereocenters. The molecule has 12 heavy (non-hydrogen) atoms. The van der Waals surface area contributed by atoms with Gasteiger partial charge in [-0.1, -0.05) is 12.1 Å². The Hall–Kier alpha value is -1.38. The van der Waals surface area contributed by atoms with Crippen molar-refractivity contribution >= 4 is 6.29 Å². The molecule has 0 aliphatic rings. The van der Waals surface area contributed by atoms with Crippen molar-refractivity contribution in [1.82, 2.24) is 0 Å². The summed E-state index contributed by atoms with van der Waals surface area (Å²) < 4.78 is 17.2. The Balaban J connectivity index is 3.21. The van der Waals surface area contributed by atoms with Crippen LogP contribution in [0.1, 0.15) is 15.9 Å². The van der Waals surface area contributed by atoms with E-state index >= 15 is 0 Å². The number of hydrogen-bond donors (Lipinski definition) is 0. The van der Waals surface area contributed by atoms with Crippen molar-refractivity contribution in [2.45, 2.75) is 6.67 Å². The predicted octanol–water partition coefficient (Wildman–Crippen LogP) is 1.98. The Morgan fingerprint density at radius 1 is 1.58 bits per heavy atom. The molecule has 1 rings (SSSR count). The van der Waals surface area contributed by atoms with Crippen molar-refractivity contribution in [2.75, 3.05) is 7.11 Å². The Kier molecular flexibility index (Phi) is 2.80. The monoisotopic (exact) mass is 168 g/mol. The zero-order valence-corrected chi connectivity index (χ0v) is 6.71. The Labute approximate surface area is 70.0 Å². The van der Waals surface area contributed by atoms with Crippen LogP contribution < -0.4 is 4.74 Å². The first-order chi connectivity index (χ1) is 5.83. The highest BCUT2D eigenvalue weighted by molar-refractivity contribution is 5.81. The fourth-order valence-corrected chi connectivity index (χ4v) is 1.02. The zero-order chi connectivity index (χ0) is 8.97. The summed E-state index contributed by atoms with van der Waals surface area (Å²) in [7, 11) is 1.45. The number of carbonyl (C=O) groups is 1. The second-order valence-corrected chi connectivity index (χ2v) is 2.28. The fraction of sp³-hybridized carbons (Fsp3) is 0.222. The lowest BCUT2D eigenvalue weighted by molar-refractivity contribution is 0.111. The average Bonchev–Trinajstić information content (AvgIpc) is 2.16. The molecule has 1 aromatic carbocycles. The molecule has 0 atom stereocenters. The summed E-state index contributed by atoms with van der Waals surface area (Å²) in [5, 5.41) is 0. The molecule has 1 aromatic rings. The molecule has 0 saturated carbocycles. The van der Waals surface area contributed by atoms with E-state index in [-0.39, 0.29) is 0 Å². The van der Waals surface area contributed by atoms with Crippen molar-refractivity contribution in [3.63, 3.8) is 0 Å². The van der Waals surface area contributed by atoms with Crippen LogP contribution in [0.25, 0.3) is 0 Å². The standard InChI is InChI=1S/C9H9FO2/c1-12-9-4-2-3-7(5-10)8(9)6-11/h2-4,6H,5H2,1H3. The predicted molar refractivity (Wildman–Crippen MR) is 43.2 cm³/mol. The van der Waals surface area contributed by atoms with Gasteiger partial charge in [0.1, 0.15) is 12.4 Å². The van der Waals surface area contributed by atoms with Gasteiger partial charge in [-0.05, 0) is 11.6 Å². The first kappa shape index (κ1) is 8.71. The molecule has 0 fully saturated rings. The van der Waals surface area contributed by atoms with Crippen LogP contribution in [0.2, 0.25) is 0 Å². The van der Waals surface area contributed by atoms with Crippen LogP contribution in [0, 0.1) is 0 Å². The number of carbonyl (C=O) groups excluding carboxylic acids is 1. The number of rotatable bonds is 3. The molecule has 64 valence electrons. The molecule has 0 bridgehead atoms. The molecule has 3 heteroatoms. The van der Waals surface area contributed by atoms with Crippen LogP contribution in [-0.2, 0) is 6.67 Å². The van der Waals surface area contributed by atoms with Gasteiger partial charge in [-0.15, -0.1) is 0 Å². The average molecular weight is 168 g/mol. The van der Waals surface area contributed by atoms with Gasteiger partial charge in [0.25, 0.3) is 0 Å². The summed E-state index contributed by atoms with van der Waals surface area (Å²) in [5.41, 5.74) is 0.659. The van der Waals surface area contributed by atoms with E-state index < -0.39 is 6.67 Å². The second-order valence-electron chi connectivity index (χ2n) is 2.28. The van der Waals surface area contributed by atoms with Crippen LogP contribution in [0.3, 0.4) is 0 Å². The van der Waals surface area contributed by atoms with Crippen molar-refractivity contribution in [1.29, 1.82) is 0 Å². The van der Waals surface area contributed by atoms with E-state index in [0.717, 1.165) is 0 Å². The molecular weight excluding hydrogens is 159 g/mol. The van der Waals surface area contributed by atoms with Crippen molar-refractivity contribution in [2.24, 2.45) is 0 Å². The Morgan fingerprint density at radius 2 is 2.33 bits per heavy atom. The van der Waals surface area contributed by atoms with Gasteiger partial charge in [-0.3, -0.25) is 4.79 Å². The normalized spacial score (nSPS) is 9.50. The molecule has 0 aliphatic heterocycles. The fourth-order valence-electron chi connectivity index (χ4n) is 1.02.